The summed E-state index contributed by atoms with van der Waals surface area (Å²) in [4.78, 5) is 0. The Morgan fingerprint density at radius 1 is 1.00 bits per heavy atom. The van der Waals surface area contributed by atoms with Crippen LogP contribution in [0.1, 0.15) is 0 Å². The summed E-state index contributed by atoms with van der Waals surface area (Å²) in [5.74, 6) is 0. The smallest absolute Gasteiger partial charge is 0.192 e. The van der Waals surface area contributed by atoms with E-state index >= 15 is 0 Å². The minimum atomic E-state index is -2.92. The topological polar surface area (TPSA) is 190 Å². The fourth-order valence-electron chi connectivity index (χ4n) is 3.44. The molecule has 9 atom stereocenters. The van der Waals surface area contributed by atoms with E-state index in [1.807, 2.05) is 0 Å². The van der Waals surface area contributed by atoms with Gasteiger partial charge in [-0.15, -0.1) is 0 Å². The van der Waals surface area contributed by atoms with Crippen LogP contribution in [0.2, 0.25) is 0 Å². The van der Waals surface area contributed by atoms with E-state index in [4.69, 9.17) is 14.2 Å². The average Bonchev–Trinajstić information content (AvgIpc) is 2.63. The fourth-order valence-corrected chi connectivity index (χ4v) is 3.63. The number of ether oxygens (including phenoxy) is 3. The van der Waals surface area contributed by atoms with Crippen molar-refractivity contribution >= 4 is 15.9 Å². The first-order valence-corrected chi connectivity index (χ1v) is 9.15. The molecule has 0 aromatic carbocycles. The first-order valence-electron chi connectivity index (χ1n) is 8.03. The van der Waals surface area contributed by atoms with Gasteiger partial charge in [-0.2, -0.15) is 0 Å². The Bertz CT molecular complexity index is 466. The normalized spacial score (nSPS) is 50.0. The lowest BCUT2D eigenvalue weighted by Gasteiger charge is -2.59. The quantitative estimate of drug-likeness (QED) is 0.182. The third-order valence-corrected chi connectivity index (χ3v) is 5.24. The molecule has 0 radical (unpaired) electrons. The van der Waals surface area contributed by atoms with E-state index in [1.165, 1.54) is 0 Å². The lowest BCUT2D eigenvalue weighted by molar-refractivity contribution is -0.413. The van der Waals surface area contributed by atoms with E-state index in [0.29, 0.717) is 0 Å². The van der Waals surface area contributed by atoms with Gasteiger partial charge in [-0.25, -0.2) is 0 Å². The van der Waals surface area contributed by atoms with Gasteiger partial charge in [-0.05, 0) is 0 Å². The van der Waals surface area contributed by atoms with Crippen LogP contribution in [-0.2, 0) is 14.2 Å². The molecule has 26 heavy (non-hydrogen) atoms. The molecule has 0 aromatic heterocycles. The Morgan fingerprint density at radius 3 is 2.19 bits per heavy atom. The van der Waals surface area contributed by atoms with E-state index in [0.717, 1.165) is 0 Å². The van der Waals surface area contributed by atoms with Crippen LogP contribution in [-0.4, -0.2) is 127 Å². The van der Waals surface area contributed by atoms with Gasteiger partial charge in [0.1, 0.15) is 36.6 Å². The van der Waals surface area contributed by atoms with Crippen LogP contribution in [0, 0.1) is 0 Å². The number of hydrogen-bond acceptors (Lipinski definition) is 11. The molecule has 0 aromatic rings. The van der Waals surface area contributed by atoms with E-state index in [-0.39, 0.29) is 11.9 Å². The summed E-state index contributed by atoms with van der Waals surface area (Å²) in [6, 6.07) is 0. The minimum Gasteiger partial charge on any atom is -0.394 e. The van der Waals surface area contributed by atoms with Crippen LogP contribution in [0.4, 0.5) is 0 Å². The third-order valence-electron chi connectivity index (χ3n) is 4.92. The Morgan fingerprint density at radius 2 is 1.65 bits per heavy atom. The molecule has 0 aliphatic carbocycles. The highest BCUT2D eigenvalue weighted by molar-refractivity contribution is 9.09. The second kappa shape index (κ2) is 8.59. The monoisotopic (exact) mass is 448 g/mol. The summed E-state index contributed by atoms with van der Waals surface area (Å²) in [5.41, 5.74) is -5.80. The van der Waals surface area contributed by atoms with Crippen molar-refractivity contribution in [3.63, 3.8) is 0 Å². The van der Waals surface area contributed by atoms with Gasteiger partial charge in [-0.3, -0.25) is 0 Å². The van der Waals surface area contributed by atoms with Crippen molar-refractivity contribution < 1.29 is 55.1 Å². The Hall–Kier alpha value is 0.0400. The van der Waals surface area contributed by atoms with Crippen LogP contribution in [0.15, 0.2) is 0 Å². The summed E-state index contributed by atoms with van der Waals surface area (Å²) in [6.45, 7) is -2.14. The highest BCUT2D eigenvalue weighted by Crippen LogP contribution is 2.45. The number of halogens is 1. The highest BCUT2D eigenvalue weighted by atomic mass is 79.9. The van der Waals surface area contributed by atoms with Gasteiger partial charge in [0.2, 0.25) is 0 Å². The van der Waals surface area contributed by atoms with Crippen molar-refractivity contribution in [3.8, 4) is 0 Å². The standard InChI is InChI=1S/C14H25BrO11/c15-1-2-24-12-14(23,11(21)9(19)7(3-16)26-12)13(22)8(4-17)25-5-6(18)10(13)20/h6-12,16-23H,1-5H2/t6-,7+,8+,9-,10+,11-,12-,13+,14+/m0/s1. The number of hydrogen-bond donors (Lipinski definition) is 8. The molecule has 8 N–H and O–H groups in total. The van der Waals surface area contributed by atoms with Crippen molar-refractivity contribution in [2.75, 3.05) is 31.8 Å². The minimum absolute atomic E-state index is 0.0761. The van der Waals surface area contributed by atoms with Crippen LogP contribution in [0.25, 0.3) is 0 Å². The predicted molar refractivity (Wildman–Crippen MR) is 86.2 cm³/mol. The SMILES string of the molecule is OC[C@H]1O[C@H](OCCBr)[C@@](O)([C@]2(O)[C@H](O)[C@@H](O)CO[C@@H]2CO)[C@@H](O)[C@H]1O. The number of aliphatic hydroxyl groups excluding tert-OH is 6. The maximum Gasteiger partial charge on any atom is 0.192 e. The van der Waals surface area contributed by atoms with Crippen LogP contribution >= 0.6 is 15.9 Å². The highest BCUT2D eigenvalue weighted by Gasteiger charge is 2.72. The van der Waals surface area contributed by atoms with E-state index in [1.54, 1.807) is 0 Å². The van der Waals surface area contributed by atoms with Crippen LogP contribution < -0.4 is 0 Å². The first-order chi connectivity index (χ1) is 12.2. The number of aliphatic hydroxyl groups is 8. The molecule has 0 spiro atoms. The molecule has 12 heteroatoms. The first kappa shape index (κ1) is 22.3. The lowest BCUT2D eigenvalue weighted by atomic mass is 9.66. The molecule has 2 rings (SSSR count). The van der Waals surface area contributed by atoms with Gasteiger partial charge >= 0.3 is 0 Å². The molecule has 2 aliphatic rings. The third kappa shape index (κ3) is 3.32. The second-order valence-electron chi connectivity index (χ2n) is 6.35. The lowest BCUT2D eigenvalue weighted by Crippen LogP contribution is -2.84. The van der Waals surface area contributed by atoms with Crippen molar-refractivity contribution in [2.24, 2.45) is 0 Å². The Labute approximate surface area is 157 Å². The molecule has 2 aliphatic heterocycles. The van der Waals surface area contributed by atoms with E-state index in [9.17, 15) is 40.9 Å². The zero-order valence-corrected chi connectivity index (χ0v) is 15.3. The molecule has 0 unspecified atom stereocenters. The van der Waals surface area contributed by atoms with Gasteiger partial charge in [0.15, 0.2) is 17.5 Å². The Balaban J connectivity index is 2.53. The summed E-state index contributed by atoms with van der Waals surface area (Å²) in [5, 5.41) is 82.4. The molecule has 0 amide bonds. The molecule has 2 saturated heterocycles. The maximum absolute atomic E-state index is 11.2. The van der Waals surface area contributed by atoms with Crippen LogP contribution in [0.3, 0.4) is 0 Å². The molecule has 154 valence electrons. The van der Waals surface area contributed by atoms with Gasteiger partial charge < -0.3 is 55.1 Å². The summed E-state index contributed by atoms with van der Waals surface area (Å²) in [6.07, 6.45) is -12.6. The second-order valence-corrected chi connectivity index (χ2v) is 7.14. The maximum atomic E-state index is 11.2. The molecule has 0 saturated carbocycles. The van der Waals surface area contributed by atoms with E-state index in [2.05, 4.69) is 15.9 Å². The Kier molecular flexibility index (Phi) is 7.38. The molecular formula is C14H25BrO11. The average molecular weight is 449 g/mol. The summed E-state index contributed by atoms with van der Waals surface area (Å²) < 4.78 is 15.7. The summed E-state index contributed by atoms with van der Waals surface area (Å²) in [7, 11) is 0. The van der Waals surface area contributed by atoms with Crippen LogP contribution in [0.5, 0.6) is 0 Å². The van der Waals surface area contributed by atoms with Gasteiger partial charge in [0, 0.05) is 5.33 Å². The number of alkyl halides is 1. The zero-order chi connectivity index (χ0) is 19.7. The molecule has 2 fully saturated rings. The molecule has 0 bridgehead atoms. The number of rotatable bonds is 6. The zero-order valence-electron chi connectivity index (χ0n) is 13.8. The molecular weight excluding hydrogens is 424 g/mol. The van der Waals surface area contributed by atoms with Crippen molar-refractivity contribution in [1.82, 2.24) is 0 Å². The van der Waals surface area contributed by atoms with Crippen molar-refractivity contribution in [2.45, 2.75) is 54.1 Å². The van der Waals surface area contributed by atoms with Gasteiger partial charge in [-0.1, -0.05) is 15.9 Å². The summed E-state index contributed by atoms with van der Waals surface area (Å²) >= 11 is 3.09. The van der Waals surface area contributed by atoms with Crippen molar-refractivity contribution in [1.29, 1.82) is 0 Å². The van der Waals surface area contributed by atoms with Gasteiger partial charge in [0.25, 0.3) is 0 Å². The molecule has 2 heterocycles. The van der Waals surface area contributed by atoms with E-state index < -0.39 is 73.9 Å². The van der Waals surface area contributed by atoms with Crippen molar-refractivity contribution in [3.05, 3.63) is 0 Å². The van der Waals surface area contributed by atoms with Gasteiger partial charge in [0.05, 0.1) is 26.4 Å². The fraction of sp³-hybridized carbons (Fsp3) is 1.00. The predicted octanol–water partition coefficient (Wildman–Crippen LogP) is -4.59. The largest absolute Gasteiger partial charge is 0.394 e. The molecule has 11 nitrogen and oxygen atoms in total.